The minimum Gasteiger partial charge on any atom is -0.273 e. The first kappa shape index (κ1) is 19.7. The van der Waals surface area contributed by atoms with Crippen LogP contribution in [0.15, 0.2) is 47.4 Å². The van der Waals surface area contributed by atoms with E-state index in [0.29, 0.717) is 6.42 Å². The fraction of sp³-hybridized carbons (Fsp3) is 0.333. The van der Waals surface area contributed by atoms with E-state index in [2.05, 4.69) is 72.1 Å². The van der Waals surface area contributed by atoms with Gasteiger partial charge in [-0.1, -0.05) is 48.4 Å². The van der Waals surface area contributed by atoms with Crippen molar-refractivity contribution in [2.24, 2.45) is 0 Å². The predicted octanol–water partition coefficient (Wildman–Crippen LogP) is 5.57. The molecule has 0 aliphatic heterocycles. The zero-order valence-corrected chi connectivity index (χ0v) is 17.4. The molecule has 0 fully saturated rings. The first-order chi connectivity index (χ1) is 13.1. The molecule has 1 amide bonds. The Balaban J connectivity index is 1.45. The monoisotopic (exact) mass is 399 g/mol. The number of rotatable bonds is 9. The summed E-state index contributed by atoms with van der Waals surface area (Å²) in [6.07, 6.45) is 3.95. The Labute approximate surface area is 168 Å². The normalized spacial score (nSPS) is 10.9. The van der Waals surface area contributed by atoms with Crippen molar-refractivity contribution in [3.63, 3.8) is 0 Å². The number of nitrogens with zero attached hydrogens (tertiary/aromatic N) is 1. The maximum atomic E-state index is 12.0. The van der Waals surface area contributed by atoms with Crippen LogP contribution in [0, 0.1) is 6.92 Å². The van der Waals surface area contributed by atoms with E-state index in [-0.39, 0.29) is 5.91 Å². The third kappa shape index (κ3) is 5.97. The van der Waals surface area contributed by atoms with Crippen LogP contribution in [0.1, 0.15) is 37.3 Å². The molecule has 6 heteroatoms. The summed E-state index contributed by atoms with van der Waals surface area (Å²) in [5.74, 6) is 0.717. The van der Waals surface area contributed by atoms with Crippen LogP contribution in [-0.4, -0.2) is 16.6 Å². The van der Waals surface area contributed by atoms with Crippen LogP contribution in [0.2, 0.25) is 0 Å². The third-order valence-corrected chi connectivity index (χ3v) is 6.15. The minimum absolute atomic E-state index is 0.0301. The van der Waals surface area contributed by atoms with Crippen molar-refractivity contribution in [3.05, 3.63) is 53.6 Å². The molecule has 0 saturated carbocycles. The highest BCUT2D eigenvalue weighted by atomic mass is 32.2. The lowest BCUT2D eigenvalue weighted by Crippen LogP contribution is -2.29. The Morgan fingerprint density at radius 3 is 2.78 bits per heavy atom. The van der Waals surface area contributed by atoms with Gasteiger partial charge in [0.2, 0.25) is 11.0 Å². The molecule has 2 N–H and O–H groups in total. The number of thioether (sulfide) groups is 1. The van der Waals surface area contributed by atoms with E-state index in [9.17, 15) is 4.79 Å². The molecule has 0 atom stereocenters. The lowest BCUT2D eigenvalue weighted by Gasteiger charge is -2.05. The molecule has 0 unspecified atom stereocenters. The molecule has 1 aromatic heterocycles. The zero-order chi connectivity index (χ0) is 19.1. The molecule has 3 rings (SSSR count). The fourth-order valence-corrected chi connectivity index (χ4v) is 4.38. The van der Waals surface area contributed by atoms with E-state index in [1.165, 1.54) is 28.9 Å². The Morgan fingerprint density at radius 2 is 2.00 bits per heavy atom. The fourth-order valence-electron chi connectivity index (χ4n) is 2.64. The van der Waals surface area contributed by atoms with Gasteiger partial charge in [0, 0.05) is 17.1 Å². The molecule has 3 aromatic rings. The molecule has 0 spiro atoms. The lowest BCUT2D eigenvalue weighted by atomic mass is 10.1. The van der Waals surface area contributed by atoms with E-state index in [1.807, 2.05) is 0 Å². The smallest absolute Gasteiger partial charge is 0.239 e. The maximum Gasteiger partial charge on any atom is 0.239 e. The molecule has 142 valence electrons. The Bertz CT molecular complexity index is 890. The Hall–Kier alpha value is -2.05. The van der Waals surface area contributed by atoms with Gasteiger partial charge in [-0.25, -0.2) is 4.98 Å². The molecule has 4 nitrogen and oxygen atoms in total. The van der Waals surface area contributed by atoms with Gasteiger partial charge >= 0.3 is 0 Å². The van der Waals surface area contributed by atoms with Crippen molar-refractivity contribution < 1.29 is 4.79 Å². The topological polar surface area (TPSA) is 54.0 Å². The van der Waals surface area contributed by atoms with E-state index in [0.717, 1.165) is 27.5 Å². The summed E-state index contributed by atoms with van der Waals surface area (Å²) in [4.78, 5) is 17.8. The van der Waals surface area contributed by atoms with Gasteiger partial charge in [0.1, 0.15) is 0 Å². The summed E-state index contributed by atoms with van der Waals surface area (Å²) in [6, 6.07) is 14.8. The standard InChI is InChI=1S/C21H25N3OS2/c1-3-4-5-16-8-11-18-19(14-16)27-21(22-18)24-23-20(25)12-13-26-17-9-6-15(2)7-10-17/h6-11,14H,3-5,12-13H2,1-2H3,(H,22,24)(H,23,25). The summed E-state index contributed by atoms with van der Waals surface area (Å²) in [5, 5.41) is 0.720. The molecular weight excluding hydrogens is 374 g/mol. The number of hydrazine groups is 1. The second-order valence-corrected chi connectivity index (χ2v) is 8.71. The van der Waals surface area contributed by atoms with E-state index >= 15 is 0 Å². The van der Waals surface area contributed by atoms with Crippen molar-refractivity contribution in [2.75, 3.05) is 11.2 Å². The summed E-state index contributed by atoms with van der Waals surface area (Å²) < 4.78 is 1.15. The van der Waals surface area contributed by atoms with E-state index in [1.54, 1.807) is 23.1 Å². The number of anilines is 1. The third-order valence-electron chi connectivity index (χ3n) is 4.20. The number of hydrogen-bond donors (Lipinski definition) is 2. The quantitative estimate of drug-likeness (QED) is 0.365. The summed E-state index contributed by atoms with van der Waals surface area (Å²) in [6.45, 7) is 4.27. The number of aryl methyl sites for hydroxylation is 2. The van der Waals surface area contributed by atoms with Crippen molar-refractivity contribution in [1.82, 2.24) is 10.4 Å². The van der Waals surface area contributed by atoms with Crippen LogP contribution in [0.3, 0.4) is 0 Å². The van der Waals surface area contributed by atoms with Gasteiger partial charge in [-0.15, -0.1) is 11.8 Å². The number of carbonyl (C=O) groups excluding carboxylic acids is 1. The molecule has 1 heterocycles. The molecule has 0 radical (unpaired) electrons. The molecule has 2 aromatic carbocycles. The average Bonchev–Trinajstić information content (AvgIpc) is 3.08. The molecule has 0 bridgehead atoms. The van der Waals surface area contributed by atoms with Crippen LogP contribution < -0.4 is 10.9 Å². The molecule has 27 heavy (non-hydrogen) atoms. The van der Waals surface area contributed by atoms with Gasteiger partial charge in [0.15, 0.2) is 0 Å². The van der Waals surface area contributed by atoms with Crippen molar-refractivity contribution in [2.45, 2.75) is 44.4 Å². The molecule has 0 saturated heterocycles. The lowest BCUT2D eigenvalue weighted by molar-refractivity contribution is -0.120. The van der Waals surface area contributed by atoms with E-state index < -0.39 is 0 Å². The number of hydrogen-bond acceptors (Lipinski definition) is 5. The van der Waals surface area contributed by atoms with Gasteiger partial charge < -0.3 is 0 Å². The Morgan fingerprint density at radius 1 is 1.19 bits per heavy atom. The summed E-state index contributed by atoms with van der Waals surface area (Å²) in [5.41, 5.74) is 9.26. The second kappa shape index (κ2) is 9.76. The van der Waals surface area contributed by atoms with Gasteiger partial charge in [-0.2, -0.15) is 0 Å². The van der Waals surface area contributed by atoms with Crippen LogP contribution in [0.4, 0.5) is 5.13 Å². The molecule has 0 aliphatic rings. The number of thiazole rings is 1. The number of fused-ring (bicyclic) bond motifs is 1. The van der Waals surface area contributed by atoms with Gasteiger partial charge in [0.25, 0.3) is 0 Å². The van der Waals surface area contributed by atoms with Crippen LogP contribution in [0.5, 0.6) is 0 Å². The number of nitrogens with one attached hydrogen (secondary N) is 2. The largest absolute Gasteiger partial charge is 0.273 e. The SMILES string of the molecule is CCCCc1ccc2nc(NNC(=O)CCSc3ccc(C)cc3)sc2c1. The zero-order valence-electron chi connectivity index (χ0n) is 15.7. The highest BCUT2D eigenvalue weighted by Gasteiger charge is 2.07. The molecular formula is C21H25N3OS2. The summed E-state index contributed by atoms with van der Waals surface area (Å²) >= 11 is 3.26. The number of unbranched alkanes of at least 4 members (excludes halogenated alkanes) is 1. The van der Waals surface area contributed by atoms with Crippen molar-refractivity contribution >= 4 is 44.4 Å². The van der Waals surface area contributed by atoms with E-state index in [4.69, 9.17) is 0 Å². The number of amides is 1. The highest BCUT2D eigenvalue weighted by Crippen LogP contribution is 2.27. The second-order valence-electron chi connectivity index (χ2n) is 6.51. The number of carbonyl (C=O) groups is 1. The average molecular weight is 400 g/mol. The van der Waals surface area contributed by atoms with Gasteiger partial charge in [-0.05, 0) is 49.6 Å². The number of benzene rings is 2. The minimum atomic E-state index is -0.0301. The van der Waals surface area contributed by atoms with Crippen LogP contribution in [-0.2, 0) is 11.2 Å². The highest BCUT2D eigenvalue weighted by molar-refractivity contribution is 7.99. The first-order valence-electron chi connectivity index (χ1n) is 9.28. The maximum absolute atomic E-state index is 12.0. The van der Waals surface area contributed by atoms with Crippen molar-refractivity contribution in [1.29, 1.82) is 0 Å². The first-order valence-corrected chi connectivity index (χ1v) is 11.1. The van der Waals surface area contributed by atoms with Gasteiger partial charge in [-0.3, -0.25) is 15.6 Å². The summed E-state index contributed by atoms with van der Waals surface area (Å²) in [7, 11) is 0. The van der Waals surface area contributed by atoms with Crippen molar-refractivity contribution in [3.8, 4) is 0 Å². The Kier molecular flexibility index (Phi) is 7.12. The molecule has 0 aliphatic carbocycles. The predicted molar refractivity (Wildman–Crippen MR) is 117 cm³/mol. The van der Waals surface area contributed by atoms with Crippen LogP contribution in [0.25, 0.3) is 10.2 Å². The number of aromatic nitrogens is 1. The van der Waals surface area contributed by atoms with Crippen LogP contribution >= 0.6 is 23.1 Å². The van der Waals surface area contributed by atoms with Gasteiger partial charge in [0.05, 0.1) is 10.2 Å².